The van der Waals surface area contributed by atoms with Gasteiger partial charge in [-0.3, -0.25) is 4.79 Å². The first kappa shape index (κ1) is 19.9. The summed E-state index contributed by atoms with van der Waals surface area (Å²) in [6, 6.07) is 2.19. The fraction of sp³-hybridized carbons (Fsp3) is 0.389. The highest BCUT2D eigenvalue weighted by atomic mass is 19.3. The van der Waals surface area contributed by atoms with Crippen molar-refractivity contribution in [2.45, 2.75) is 25.1 Å². The van der Waals surface area contributed by atoms with Crippen molar-refractivity contribution in [2.75, 3.05) is 30.1 Å². The summed E-state index contributed by atoms with van der Waals surface area (Å²) in [5.41, 5.74) is 6.10. The van der Waals surface area contributed by atoms with E-state index in [1.165, 1.54) is 6.20 Å². The minimum Gasteiger partial charge on any atom is -0.491 e. The number of primary amides is 1. The number of nitrogens with one attached hydrogen (secondary N) is 1. The molecule has 3 N–H and O–H groups in total. The highest BCUT2D eigenvalue weighted by molar-refractivity contribution is 5.90. The molecule has 160 valence electrons. The van der Waals surface area contributed by atoms with Gasteiger partial charge in [0.15, 0.2) is 5.82 Å². The molecule has 0 radical (unpaired) electrons. The maximum absolute atomic E-state index is 13.3. The molecule has 1 saturated heterocycles. The third kappa shape index (κ3) is 3.48. The smallest absolute Gasteiger partial charge is 0.416 e. The molecule has 4 rings (SSSR count). The van der Waals surface area contributed by atoms with Crippen LogP contribution < -0.4 is 20.7 Å². The van der Waals surface area contributed by atoms with Crippen LogP contribution in [-0.4, -0.2) is 59.9 Å². The van der Waals surface area contributed by atoms with Gasteiger partial charge in [-0.25, -0.2) is 27.8 Å². The number of amides is 2. The number of nitrogens with two attached hydrogens (primary N) is 1. The second-order valence-corrected chi connectivity index (χ2v) is 6.78. The third-order valence-electron chi connectivity index (χ3n) is 4.86. The minimum absolute atomic E-state index is 0.0547. The average molecular weight is 425 g/mol. The van der Waals surface area contributed by atoms with E-state index >= 15 is 0 Å². The van der Waals surface area contributed by atoms with Crippen LogP contribution in [-0.2, 0) is 16.1 Å². The number of hydrogen-bond donors (Lipinski definition) is 2. The van der Waals surface area contributed by atoms with Crippen LogP contribution in [0.5, 0.6) is 5.75 Å². The van der Waals surface area contributed by atoms with Gasteiger partial charge in [-0.05, 0) is 12.1 Å². The second kappa shape index (κ2) is 7.76. The lowest BCUT2D eigenvalue weighted by Crippen LogP contribution is -2.38. The molecule has 3 heterocycles. The predicted molar refractivity (Wildman–Crippen MR) is 99.4 cm³/mol. The van der Waals surface area contributed by atoms with Gasteiger partial charge in [0.2, 0.25) is 5.91 Å². The second-order valence-electron chi connectivity index (χ2n) is 6.78. The third-order valence-corrected chi connectivity index (χ3v) is 4.86. The molecule has 0 bridgehead atoms. The highest BCUT2D eigenvalue weighted by Gasteiger charge is 2.42. The van der Waals surface area contributed by atoms with Gasteiger partial charge in [0, 0.05) is 18.0 Å². The zero-order valence-corrected chi connectivity index (χ0v) is 15.6. The Labute approximate surface area is 168 Å². The van der Waals surface area contributed by atoms with Gasteiger partial charge in [0.1, 0.15) is 43.5 Å². The maximum atomic E-state index is 13.3. The van der Waals surface area contributed by atoms with Crippen molar-refractivity contribution in [1.29, 1.82) is 0 Å². The van der Waals surface area contributed by atoms with Gasteiger partial charge in [-0.15, -0.1) is 0 Å². The maximum Gasteiger partial charge on any atom is 0.416 e. The van der Waals surface area contributed by atoms with E-state index < -0.39 is 43.8 Å². The number of halogens is 3. The van der Waals surface area contributed by atoms with Crippen molar-refractivity contribution in [2.24, 2.45) is 5.73 Å². The topological polar surface area (TPSA) is 112 Å². The summed E-state index contributed by atoms with van der Waals surface area (Å²) >= 11 is 0. The average Bonchev–Trinajstić information content (AvgIpc) is 3.25. The van der Waals surface area contributed by atoms with Crippen LogP contribution in [0.4, 0.5) is 29.5 Å². The molecule has 9 nitrogen and oxygen atoms in total. The molecule has 0 spiro atoms. The Bertz CT molecular complexity index is 983. The SMILES string of the molecule is NC(=O)[C@H](CF)Nc1ccc2c(c1)OCCn1cc(N3C(=O)OC[C@H]3C(F)F)nc1-2. The van der Waals surface area contributed by atoms with Crippen LogP contribution >= 0.6 is 0 Å². The Kier molecular flexibility index (Phi) is 5.14. The van der Waals surface area contributed by atoms with E-state index in [0.717, 1.165) is 4.90 Å². The number of carbonyl (C=O) groups excluding carboxylic acids is 2. The normalized spacial score (nSPS) is 18.9. The molecule has 30 heavy (non-hydrogen) atoms. The fourth-order valence-corrected chi connectivity index (χ4v) is 3.35. The molecule has 2 aliphatic rings. The van der Waals surface area contributed by atoms with E-state index in [4.69, 9.17) is 15.2 Å². The Morgan fingerprint density at radius 2 is 2.17 bits per heavy atom. The standard InChI is InChI=1S/C18H18F3N5O4/c19-6-11(16(22)27)23-9-1-2-10-13(5-9)29-4-3-25-7-14(24-17(10)25)26-12(15(20)21)8-30-18(26)28/h1-2,5,7,11-12,15,23H,3-4,6,8H2,(H2,22,27)/t11-,12-/m0/s1. The number of anilines is 2. The van der Waals surface area contributed by atoms with E-state index in [-0.39, 0.29) is 12.4 Å². The first-order valence-electron chi connectivity index (χ1n) is 9.09. The van der Waals surface area contributed by atoms with E-state index in [1.807, 2.05) is 0 Å². The molecule has 12 heteroatoms. The molecule has 2 aromatic rings. The summed E-state index contributed by atoms with van der Waals surface area (Å²) < 4.78 is 51.7. The van der Waals surface area contributed by atoms with Crippen molar-refractivity contribution in [3.63, 3.8) is 0 Å². The van der Waals surface area contributed by atoms with Crippen molar-refractivity contribution in [3.8, 4) is 17.1 Å². The number of carbonyl (C=O) groups is 2. The number of imidazole rings is 1. The van der Waals surface area contributed by atoms with Gasteiger partial charge in [0.25, 0.3) is 6.43 Å². The molecule has 0 unspecified atom stereocenters. The first-order chi connectivity index (χ1) is 14.4. The number of hydrogen-bond acceptors (Lipinski definition) is 6. The van der Waals surface area contributed by atoms with Crippen molar-refractivity contribution >= 4 is 23.5 Å². The Morgan fingerprint density at radius 3 is 2.87 bits per heavy atom. The molecule has 1 aromatic carbocycles. The van der Waals surface area contributed by atoms with Gasteiger partial charge in [-0.1, -0.05) is 0 Å². The van der Waals surface area contributed by atoms with E-state index in [0.29, 0.717) is 29.4 Å². The van der Waals surface area contributed by atoms with Gasteiger partial charge < -0.3 is 25.1 Å². The summed E-state index contributed by atoms with van der Waals surface area (Å²) in [6.07, 6.45) is -2.17. The molecular weight excluding hydrogens is 407 g/mol. The highest BCUT2D eigenvalue weighted by Crippen LogP contribution is 2.36. The molecule has 0 saturated carbocycles. The van der Waals surface area contributed by atoms with Gasteiger partial charge in [-0.2, -0.15) is 0 Å². The quantitative estimate of drug-likeness (QED) is 0.730. The summed E-state index contributed by atoms with van der Waals surface area (Å²) in [7, 11) is 0. The number of ether oxygens (including phenoxy) is 2. The number of aromatic nitrogens is 2. The summed E-state index contributed by atoms with van der Waals surface area (Å²) in [5.74, 6) is 0.0276. The number of fused-ring (bicyclic) bond motifs is 3. The lowest BCUT2D eigenvalue weighted by molar-refractivity contribution is -0.119. The lowest BCUT2D eigenvalue weighted by Gasteiger charge is -2.17. The number of rotatable bonds is 6. The fourth-order valence-electron chi connectivity index (χ4n) is 3.35. The van der Waals surface area contributed by atoms with Crippen LogP contribution in [0, 0.1) is 0 Å². The number of benzene rings is 1. The Balaban J connectivity index is 1.67. The van der Waals surface area contributed by atoms with E-state index in [2.05, 4.69) is 10.3 Å². The minimum atomic E-state index is -2.78. The van der Waals surface area contributed by atoms with Crippen molar-refractivity contribution < 1.29 is 32.2 Å². The van der Waals surface area contributed by atoms with Crippen molar-refractivity contribution in [1.82, 2.24) is 9.55 Å². The van der Waals surface area contributed by atoms with Crippen LogP contribution in [0.15, 0.2) is 24.4 Å². The monoisotopic (exact) mass is 425 g/mol. The van der Waals surface area contributed by atoms with Crippen LogP contribution in [0.1, 0.15) is 0 Å². The molecule has 1 aromatic heterocycles. The first-order valence-corrected chi connectivity index (χ1v) is 9.09. The molecule has 1 fully saturated rings. The number of nitrogens with zero attached hydrogens (tertiary/aromatic N) is 3. The van der Waals surface area contributed by atoms with Gasteiger partial charge >= 0.3 is 6.09 Å². The Morgan fingerprint density at radius 1 is 1.37 bits per heavy atom. The zero-order valence-electron chi connectivity index (χ0n) is 15.6. The number of alkyl halides is 3. The molecule has 2 amide bonds. The van der Waals surface area contributed by atoms with Crippen molar-refractivity contribution in [3.05, 3.63) is 24.4 Å². The summed E-state index contributed by atoms with van der Waals surface area (Å²) in [4.78, 5) is 28.4. The summed E-state index contributed by atoms with van der Waals surface area (Å²) in [6.45, 7) is -0.790. The lowest BCUT2D eigenvalue weighted by atomic mass is 10.1. The molecule has 2 aliphatic heterocycles. The number of cyclic esters (lactones) is 1. The molecule has 2 atom stereocenters. The van der Waals surface area contributed by atoms with Gasteiger partial charge in [0.05, 0.1) is 12.1 Å². The van der Waals surface area contributed by atoms with E-state index in [1.54, 1.807) is 22.8 Å². The van der Waals surface area contributed by atoms with E-state index in [9.17, 15) is 22.8 Å². The van der Waals surface area contributed by atoms with Crippen LogP contribution in [0.25, 0.3) is 11.4 Å². The van der Waals surface area contributed by atoms with Crippen LogP contribution in [0.3, 0.4) is 0 Å². The summed E-state index contributed by atoms with van der Waals surface area (Å²) in [5, 5.41) is 2.69. The van der Waals surface area contributed by atoms with Crippen LogP contribution in [0.2, 0.25) is 0 Å². The molecule has 0 aliphatic carbocycles. The Hall–Kier alpha value is -3.44. The zero-order chi connectivity index (χ0) is 21.4. The molecular formula is C18H18F3N5O4. The largest absolute Gasteiger partial charge is 0.491 e. The predicted octanol–water partition coefficient (Wildman–Crippen LogP) is 1.77.